The largest absolute Gasteiger partial charge is 0.453 e. The number of hydrogen-bond donors (Lipinski definition) is 2. The second kappa shape index (κ2) is 9.98. The molecule has 1 saturated carbocycles. The molecule has 1 aliphatic rings. The Kier molecular flexibility index (Phi) is 6.88. The smallest absolute Gasteiger partial charge is 0.338 e. The molecule has 168 valence electrons. The Morgan fingerprint density at radius 3 is 2.53 bits per heavy atom. The molecule has 1 aliphatic carbocycles. The van der Waals surface area contributed by atoms with Crippen molar-refractivity contribution in [3.63, 3.8) is 0 Å². The van der Waals surface area contributed by atoms with E-state index in [-0.39, 0.29) is 12.0 Å². The fourth-order valence-corrected chi connectivity index (χ4v) is 4.16. The first kappa shape index (κ1) is 22.1. The van der Waals surface area contributed by atoms with E-state index in [1.165, 1.54) is 32.1 Å². The number of nitrogens with zero attached hydrogens (tertiary/aromatic N) is 2. The Morgan fingerprint density at radius 2 is 1.81 bits per heavy atom. The van der Waals surface area contributed by atoms with Crippen LogP contribution in [0.25, 0.3) is 10.8 Å². The summed E-state index contributed by atoms with van der Waals surface area (Å²) in [4.78, 5) is 22.0. The molecule has 0 spiro atoms. The van der Waals surface area contributed by atoms with Gasteiger partial charge in [-0.1, -0.05) is 37.5 Å². The standard InChI is InChI=1S/C26H32N4O2/c1-17(2)28-25-22-15-24(29-21-12-8-5-9-13-21)27-16-20(22)14-23(30-25)18(3)32-26(31)19-10-6-4-7-11-19/h4,6-7,10-11,14-18,21H,5,8-9,12-13H2,1-3H3,(H,27,29)(H,28,30). The number of aromatic nitrogens is 2. The molecule has 0 amide bonds. The predicted molar refractivity (Wildman–Crippen MR) is 129 cm³/mol. The molecule has 1 unspecified atom stereocenters. The third-order valence-electron chi connectivity index (χ3n) is 5.83. The topological polar surface area (TPSA) is 76.1 Å². The van der Waals surface area contributed by atoms with Gasteiger partial charge in [0.25, 0.3) is 0 Å². The van der Waals surface area contributed by atoms with E-state index in [1.54, 1.807) is 12.1 Å². The summed E-state index contributed by atoms with van der Waals surface area (Å²) >= 11 is 0. The monoisotopic (exact) mass is 432 g/mol. The van der Waals surface area contributed by atoms with Gasteiger partial charge in [0, 0.05) is 29.1 Å². The van der Waals surface area contributed by atoms with E-state index in [9.17, 15) is 4.79 Å². The number of nitrogens with one attached hydrogen (secondary N) is 2. The van der Waals surface area contributed by atoms with Crippen LogP contribution < -0.4 is 10.6 Å². The van der Waals surface area contributed by atoms with Crippen molar-refractivity contribution in [2.24, 2.45) is 0 Å². The van der Waals surface area contributed by atoms with E-state index in [0.29, 0.717) is 17.3 Å². The third-order valence-corrected chi connectivity index (χ3v) is 5.83. The minimum Gasteiger partial charge on any atom is -0.453 e. The van der Waals surface area contributed by atoms with Crippen molar-refractivity contribution in [2.45, 2.75) is 71.1 Å². The molecular formula is C26H32N4O2. The van der Waals surface area contributed by atoms with Gasteiger partial charge in [-0.05, 0) is 57.9 Å². The average molecular weight is 433 g/mol. The van der Waals surface area contributed by atoms with Crippen molar-refractivity contribution in [3.8, 4) is 0 Å². The number of rotatable bonds is 7. The van der Waals surface area contributed by atoms with Crippen LogP contribution in [0, 0.1) is 0 Å². The molecule has 4 rings (SSSR count). The minimum atomic E-state index is -0.486. The second-order valence-corrected chi connectivity index (χ2v) is 8.88. The summed E-state index contributed by atoms with van der Waals surface area (Å²) in [5.41, 5.74) is 1.22. The highest BCUT2D eigenvalue weighted by atomic mass is 16.5. The van der Waals surface area contributed by atoms with Gasteiger partial charge in [-0.15, -0.1) is 0 Å². The van der Waals surface area contributed by atoms with Crippen LogP contribution >= 0.6 is 0 Å². The van der Waals surface area contributed by atoms with Gasteiger partial charge in [-0.2, -0.15) is 0 Å². The summed E-state index contributed by atoms with van der Waals surface area (Å²) < 4.78 is 5.69. The van der Waals surface area contributed by atoms with E-state index in [1.807, 2.05) is 37.4 Å². The first-order valence-electron chi connectivity index (χ1n) is 11.6. The SMILES string of the molecule is CC(C)Nc1nc(C(C)OC(=O)c2ccccc2)cc2cnc(NC3CCCCC3)cc12. The maximum Gasteiger partial charge on any atom is 0.338 e. The van der Waals surface area contributed by atoms with Crippen LogP contribution in [0.2, 0.25) is 0 Å². The number of esters is 1. The molecule has 1 fully saturated rings. The van der Waals surface area contributed by atoms with Crippen LogP contribution in [0.1, 0.15) is 75.0 Å². The lowest BCUT2D eigenvalue weighted by Gasteiger charge is -2.23. The van der Waals surface area contributed by atoms with Crippen LogP contribution in [0.3, 0.4) is 0 Å². The molecule has 6 nitrogen and oxygen atoms in total. The van der Waals surface area contributed by atoms with Crippen LogP contribution in [0.4, 0.5) is 11.6 Å². The molecule has 3 aromatic rings. The Hall–Kier alpha value is -3.15. The zero-order chi connectivity index (χ0) is 22.5. The fraction of sp³-hybridized carbons (Fsp3) is 0.423. The quantitative estimate of drug-likeness (QED) is 0.439. The summed E-state index contributed by atoms with van der Waals surface area (Å²) in [7, 11) is 0. The van der Waals surface area contributed by atoms with Gasteiger partial charge in [-0.25, -0.2) is 14.8 Å². The van der Waals surface area contributed by atoms with E-state index >= 15 is 0 Å². The van der Waals surface area contributed by atoms with Crippen molar-refractivity contribution in [1.29, 1.82) is 0 Å². The lowest BCUT2D eigenvalue weighted by atomic mass is 9.95. The maximum atomic E-state index is 12.5. The zero-order valence-electron chi connectivity index (χ0n) is 19.1. The Bertz CT molecular complexity index is 1060. The molecule has 6 heteroatoms. The van der Waals surface area contributed by atoms with Gasteiger partial charge in [0.05, 0.1) is 11.3 Å². The average Bonchev–Trinajstić information content (AvgIpc) is 2.80. The van der Waals surface area contributed by atoms with Crippen molar-refractivity contribution < 1.29 is 9.53 Å². The summed E-state index contributed by atoms with van der Waals surface area (Å²) in [6.45, 7) is 6.02. The van der Waals surface area contributed by atoms with Crippen LogP contribution in [-0.4, -0.2) is 28.0 Å². The van der Waals surface area contributed by atoms with Gasteiger partial charge < -0.3 is 15.4 Å². The van der Waals surface area contributed by atoms with Crippen molar-refractivity contribution >= 4 is 28.4 Å². The second-order valence-electron chi connectivity index (χ2n) is 8.88. The molecule has 2 heterocycles. The van der Waals surface area contributed by atoms with Crippen LogP contribution in [0.15, 0.2) is 48.7 Å². The summed E-state index contributed by atoms with van der Waals surface area (Å²) in [6, 6.07) is 13.8. The van der Waals surface area contributed by atoms with Crippen molar-refractivity contribution in [1.82, 2.24) is 9.97 Å². The molecular weight excluding hydrogens is 400 g/mol. The van der Waals surface area contributed by atoms with Gasteiger partial charge in [0.15, 0.2) is 0 Å². The molecule has 1 atom stereocenters. The van der Waals surface area contributed by atoms with Crippen molar-refractivity contribution in [2.75, 3.05) is 10.6 Å². The van der Waals surface area contributed by atoms with E-state index in [2.05, 4.69) is 35.5 Å². The van der Waals surface area contributed by atoms with Gasteiger partial charge in [0.2, 0.25) is 0 Å². The molecule has 0 radical (unpaired) electrons. The number of pyridine rings is 2. The maximum absolute atomic E-state index is 12.5. The molecule has 0 saturated heterocycles. The Morgan fingerprint density at radius 1 is 1.06 bits per heavy atom. The number of hydrogen-bond acceptors (Lipinski definition) is 6. The zero-order valence-corrected chi connectivity index (χ0v) is 19.1. The van der Waals surface area contributed by atoms with Gasteiger partial charge in [-0.3, -0.25) is 0 Å². The number of anilines is 2. The highest BCUT2D eigenvalue weighted by Crippen LogP contribution is 2.30. The third kappa shape index (κ3) is 5.36. The Labute approximate surface area is 189 Å². The molecule has 0 aliphatic heterocycles. The highest BCUT2D eigenvalue weighted by Gasteiger charge is 2.19. The normalized spacial score (nSPS) is 15.5. The molecule has 0 bridgehead atoms. The minimum absolute atomic E-state index is 0.214. The predicted octanol–water partition coefficient (Wildman–Crippen LogP) is 6.11. The van der Waals surface area contributed by atoms with E-state index in [0.717, 1.165) is 22.4 Å². The molecule has 2 aromatic heterocycles. The molecule has 32 heavy (non-hydrogen) atoms. The number of carbonyl (C=O) groups is 1. The number of benzene rings is 1. The van der Waals surface area contributed by atoms with E-state index < -0.39 is 6.10 Å². The van der Waals surface area contributed by atoms with Crippen molar-refractivity contribution in [3.05, 3.63) is 59.9 Å². The first-order chi connectivity index (χ1) is 15.5. The first-order valence-corrected chi connectivity index (χ1v) is 11.6. The lowest BCUT2D eigenvalue weighted by Crippen LogP contribution is -2.22. The Balaban J connectivity index is 1.60. The van der Waals surface area contributed by atoms with Gasteiger partial charge >= 0.3 is 5.97 Å². The highest BCUT2D eigenvalue weighted by molar-refractivity contribution is 5.94. The van der Waals surface area contributed by atoms with Gasteiger partial charge in [0.1, 0.15) is 17.7 Å². The van der Waals surface area contributed by atoms with E-state index in [4.69, 9.17) is 9.72 Å². The number of fused-ring (bicyclic) bond motifs is 1. The van der Waals surface area contributed by atoms with Crippen LogP contribution in [-0.2, 0) is 4.74 Å². The summed E-state index contributed by atoms with van der Waals surface area (Å²) in [5, 5.41) is 9.03. The molecule has 1 aromatic carbocycles. The lowest BCUT2D eigenvalue weighted by molar-refractivity contribution is 0.0330. The summed E-state index contributed by atoms with van der Waals surface area (Å²) in [6.07, 6.45) is 7.65. The fourth-order valence-electron chi connectivity index (χ4n) is 4.16. The number of carbonyl (C=O) groups excluding carboxylic acids is 1. The summed E-state index contributed by atoms with van der Waals surface area (Å²) in [5.74, 6) is 1.31. The number of ether oxygens (including phenoxy) is 1. The van der Waals surface area contributed by atoms with Crippen LogP contribution in [0.5, 0.6) is 0 Å². The molecule has 2 N–H and O–H groups in total.